The molecule has 0 aliphatic rings. The van der Waals surface area contributed by atoms with Crippen molar-refractivity contribution in [1.82, 2.24) is 0 Å². The highest BCUT2D eigenvalue weighted by Gasteiger charge is 2.06. The van der Waals surface area contributed by atoms with Crippen LogP contribution in [0.1, 0.15) is 43.6 Å². The van der Waals surface area contributed by atoms with Crippen LogP contribution in [0, 0.1) is 0 Å². The summed E-state index contributed by atoms with van der Waals surface area (Å²) in [6.07, 6.45) is 1.68. The standard InChI is InChI=1S/C12H18O/c1-4-10-6-7-11(5-2)12(8-10)9(3)13/h6-9,13H,4-5H2,1-3H3/t9-/m0/s1. The summed E-state index contributed by atoms with van der Waals surface area (Å²) < 4.78 is 0. The molecule has 0 amide bonds. The molecule has 0 radical (unpaired) electrons. The Morgan fingerprint density at radius 2 is 1.92 bits per heavy atom. The van der Waals surface area contributed by atoms with E-state index in [0.29, 0.717) is 0 Å². The van der Waals surface area contributed by atoms with Crippen molar-refractivity contribution in [2.45, 2.75) is 39.7 Å². The molecule has 0 unspecified atom stereocenters. The predicted molar refractivity (Wildman–Crippen MR) is 55.8 cm³/mol. The number of rotatable bonds is 3. The second-order valence-electron chi connectivity index (χ2n) is 3.42. The number of aliphatic hydroxyl groups excluding tert-OH is 1. The van der Waals surface area contributed by atoms with Crippen molar-refractivity contribution in [2.24, 2.45) is 0 Å². The van der Waals surface area contributed by atoms with Crippen molar-refractivity contribution in [3.05, 3.63) is 34.9 Å². The minimum Gasteiger partial charge on any atom is -0.389 e. The van der Waals surface area contributed by atoms with Crippen molar-refractivity contribution in [1.29, 1.82) is 0 Å². The zero-order chi connectivity index (χ0) is 9.84. The minimum absolute atomic E-state index is 0.346. The molecule has 0 bridgehead atoms. The molecule has 0 heterocycles. The summed E-state index contributed by atoms with van der Waals surface area (Å²) in [5.74, 6) is 0. The van der Waals surface area contributed by atoms with Gasteiger partial charge in [0.25, 0.3) is 0 Å². The van der Waals surface area contributed by atoms with Crippen molar-refractivity contribution in [3.63, 3.8) is 0 Å². The quantitative estimate of drug-likeness (QED) is 0.754. The van der Waals surface area contributed by atoms with Gasteiger partial charge < -0.3 is 5.11 Å². The van der Waals surface area contributed by atoms with Gasteiger partial charge in [0, 0.05) is 0 Å². The van der Waals surface area contributed by atoms with E-state index in [1.54, 1.807) is 0 Å². The van der Waals surface area contributed by atoms with E-state index in [4.69, 9.17) is 0 Å². The van der Waals surface area contributed by atoms with E-state index >= 15 is 0 Å². The van der Waals surface area contributed by atoms with E-state index in [1.165, 1.54) is 11.1 Å². The topological polar surface area (TPSA) is 20.2 Å². The monoisotopic (exact) mass is 178 g/mol. The molecule has 1 nitrogen and oxygen atoms in total. The summed E-state index contributed by atoms with van der Waals surface area (Å²) in [5.41, 5.74) is 3.64. The summed E-state index contributed by atoms with van der Waals surface area (Å²) in [7, 11) is 0. The highest BCUT2D eigenvalue weighted by atomic mass is 16.3. The van der Waals surface area contributed by atoms with Gasteiger partial charge in [-0.05, 0) is 36.5 Å². The van der Waals surface area contributed by atoms with Crippen LogP contribution in [0.25, 0.3) is 0 Å². The van der Waals surface area contributed by atoms with Crippen LogP contribution in [0.15, 0.2) is 18.2 Å². The molecule has 72 valence electrons. The van der Waals surface area contributed by atoms with Gasteiger partial charge in [-0.25, -0.2) is 0 Å². The zero-order valence-corrected chi connectivity index (χ0v) is 8.67. The molecule has 0 aromatic heterocycles. The van der Waals surface area contributed by atoms with Gasteiger partial charge in [-0.2, -0.15) is 0 Å². The molecule has 1 aromatic rings. The van der Waals surface area contributed by atoms with Crippen molar-refractivity contribution < 1.29 is 5.11 Å². The lowest BCUT2D eigenvalue weighted by Gasteiger charge is -2.12. The molecule has 1 atom stereocenters. The first-order chi connectivity index (χ1) is 6.19. The Morgan fingerprint density at radius 1 is 1.23 bits per heavy atom. The van der Waals surface area contributed by atoms with Gasteiger partial charge in [-0.15, -0.1) is 0 Å². The fourth-order valence-electron chi connectivity index (χ4n) is 1.58. The average molecular weight is 178 g/mol. The van der Waals surface area contributed by atoms with Gasteiger partial charge in [-0.1, -0.05) is 32.0 Å². The number of benzene rings is 1. The predicted octanol–water partition coefficient (Wildman–Crippen LogP) is 2.86. The Morgan fingerprint density at radius 3 is 2.38 bits per heavy atom. The molecular weight excluding hydrogens is 160 g/mol. The number of aliphatic hydroxyl groups is 1. The van der Waals surface area contributed by atoms with Crippen LogP contribution >= 0.6 is 0 Å². The van der Waals surface area contributed by atoms with E-state index in [2.05, 4.69) is 32.0 Å². The molecule has 1 N–H and O–H groups in total. The van der Waals surface area contributed by atoms with E-state index < -0.39 is 0 Å². The molecule has 0 fully saturated rings. The van der Waals surface area contributed by atoms with E-state index in [9.17, 15) is 5.11 Å². The third-order valence-corrected chi connectivity index (χ3v) is 2.45. The van der Waals surface area contributed by atoms with Crippen LogP contribution in [-0.2, 0) is 12.8 Å². The third kappa shape index (κ3) is 2.31. The third-order valence-electron chi connectivity index (χ3n) is 2.45. The first kappa shape index (κ1) is 10.3. The average Bonchev–Trinajstić information content (AvgIpc) is 2.16. The molecule has 1 heteroatoms. The van der Waals surface area contributed by atoms with Crippen LogP contribution in [0.5, 0.6) is 0 Å². The zero-order valence-electron chi connectivity index (χ0n) is 8.67. The van der Waals surface area contributed by atoms with Crippen molar-refractivity contribution in [3.8, 4) is 0 Å². The van der Waals surface area contributed by atoms with Crippen LogP contribution in [0.2, 0.25) is 0 Å². The molecule has 1 rings (SSSR count). The molecule has 0 saturated heterocycles. The molecule has 13 heavy (non-hydrogen) atoms. The summed E-state index contributed by atoms with van der Waals surface area (Å²) in [4.78, 5) is 0. The maximum atomic E-state index is 9.56. The Hall–Kier alpha value is -0.820. The second kappa shape index (κ2) is 4.43. The Bertz CT molecular complexity index is 276. The van der Waals surface area contributed by atoms with Gasteiger partial charge >= 0.3 is 0 Å². The van der Waals surface area contributed by atoms with Crippen molar-refractivity contribution in [2.75, 3.05) is 0 Å². The summed E-state index contributed by atoms with van der Waals surface area (Å²) in [6, 6.07) is 6.38. The van der Waals surface area contributed by atoms with Crippen LogP contribution < -0.4 is 0 Å². The lowest BCUT2D eigenvalue weighted by Crippen LogP contribution is -1.98. The van der Waals surface area contributed by atoms with Crippen molar-refractivity contribution >= 4 is 0 Å². The Balaban J connectivity index is 3.10. The lowest BCUT2D eigenvalue weighted by atomic mass is 9.98. The molecule has 0 aliphatic heterocycles. The largest absolute Gasteiger partial charge is 0.389 e. The maximum absolute atomic E-state index is 9.56. The summed E-state index contributed by atoms with van der Waals surface area (Å²) in [6.45, 7) is 6.08. The summed E-state index contributed by atoms with van der Waals surface area (Å²) >= 11 is 0. The highest BCUT2D eigenvalue weighted by Crippen LogP contribution is 2.20. The fourth-order valence-corrected chi connectivity index (χ4v) is 1.58. The number of hydrogen-bond acceptors (Lipinski definition) is 1. The summed E-state index contributed by atoms with van der Waals surface area (Å²) in [5, 5.41) is 9.56. The van der Waals surface area contributed by atoms with E-state index in [1.807, 2.05) is 6.92 Å². The van der Waals surface area contributed by atoms with Crippen LogP contribution in [0.3, 0.4) is 0 Å². The first-order valence-electron chi connectivity index (χ1n) is 4.98. The molecule has 0 spiro atoms. The lowest BCUT2D eigenvalue weighted by molar-refractivity contribution is 0.198. The molecule has 0 saturated carbocycles. The highest BCUT2D eigenvalue weighted by molar-refractivity contribution is 5.33. The fraction of sp³-hybridized carbons (Fsp3) is 0.500. The molecule has 1 aromatic carbocycles. The van der Waals surface area contributed by atoms with E-state index in [-0.39, 0.29) is 6.10 Å². The number of hydrogen-bond donors (Lipinski definition) is 1. The van der Waals surface area contributed by atoms with Gasteiger partial charge in [0.2, 0.25) is 0 Å². The normalized spacial score (nSPS) is 12.9. The van der Waals surface area contributed by atoms with Gasteiger partial charge in [0.15, 0.2) is 0 Å². The SMILES string of the molecule is CCc1ccc(CC)c([C@H](C)O)c1. The first-order valence-corrected chi connectivity index (χ1v) is 4.98. The van der Waals surface area contributed by atoms with Gasteiger partial charge in [0.05, 0.1) is 6.10 Å². The maximum Gasteiger partial charge on any atom is 0.0764 e. The minimum atomic E-state index is -0.346. The van der Waals surface area contributed by atoms with Crippen LogP contribution in [-0.4, -0.2) is 5.11 Å². The number of aryl methyl sites for hydroxylation is 2. The van der Waals surface area contributed by atoms with Gasteiger partial charge in [-0.3, -0.25) is 0 Å². The van der Waals surface area contributed by atoms with Gasteiger partial charge in [0.1, 0.15) is 0 Å². The Kier molecular flexibility index (Phi) is 3.49. The Labute approximate surface area is 80.4 Å². The van der Waals surface area contributed by atoms with Crippen LogP contribution in [0.4, 0.5) is 0 Å². The smallest absolute Gasteiger partial charge is 0.0764 e. The second-order valence-corrected chi connectivity index (χ2v) is 3.42. The molecular formula is C12H18O. The van der Waals surface area contributed by atoms with E-state index in [0.717, 1.165) is 18.4 Å². The molecule has 0 aliphatic carbocycles.